The van der Waals surface area contributed by atoms with Crippen LogP contribution in [0.15, 0.2) is 36.4 Å². The Morgan fingerprint density at radius 2 is 1.67 bits per heavy atom. The van der Waals surface area contributed by atoms with Crippen molar-refractivity contribution in [1.82, 2.24) is 14.9 Å². The summed E-state index contributed by atoms with van der Waals surface area (Å²) in [4.78, 5) is 27.0. The van der Waals surface area contributed by atoms with Gasteiger partial charge in [0.25, 0.3) is 5.91 Å². The molecular weight excluding hydrogens is 463 g/mol. The predicted octanol–water partition coefficient (Wildman–Crippen LogP) is 4.53. The molecule has 1 amide bonds. The molecule has 1 fully saturated rings. The number of halogens is 1. The van der Waals surface area contributed by atoms with E-state index < -0.39 is 0 Å². The number of aryl methyl sites for hydroxylation is 1. The molecule has 0 N–H and O–H groups in total. The fourth-order valence-corrected chi connectivity index (χ4v) is 4.59. The van der Waals surface area contributed by atoms with Gasteiger partial charge in [0.15, 0.2) is 0 Å². The molecule has 3 aromatic rings. The predicted molar refractivity (Wildman–Crippen MR) is 133 cm³/mol. The summed E-state index contributed by atoms with van der Waals surface area (Å²) >= 11 is 0. The summed E-state index contributed by atoms with van der Waals surface area (Å²) in [7, 11) is 3.10. The lowest BCUT2D eigenvalue weighted by molar-refractivity contribution is 0.0731. The quantitative estimate of drug-likeness (QED) is 0.500. The van der Waals surface area contributed by atoms with Crippen LogP contribution in [0.4, 0.5) is 10.3 Å². The summed E-state index contributed by atoms with van der Waals surface area (Å²) in [5, 5.41) is 0. The standard InChI is InChI=1S/C27H29FN4O4/c1-17-12-19(6-7-23(17)28)36-25-22-16-32(26(33)18-13-20(34-2)15-21(14-18)35-3)11-8-24(22)29-27(30-25)31-9-4-5-10-31/h6-7,12-15H,4-5,8-11,16H2,1-3H3. The van der Waals surface area contributed by atoms with Crippen molar-refractivity contribution in [2.24, 2.45) is 0 Å². The van der Waals surface area contributed by atoms with E-state index in [2.05, 4.69) is 4.90 Å². The molecule has 2 aromatic carbocycles. The molecule has 2 aliphatic heterocycles. The molecule has 3 heterocycles. The minimum Gasteiger partial charge on any atom is -0.497 e. The van der Waals surface area contributed by atoms with Crippen LogP contribution >= 0.6 is 0 Å². The van der Waals surface area contributed by atoms with Crippen LogP contribution in [0.25, 0.3) is 0 Å². The Hall–Kier alpha value is -3.88. The highest BCUT2D eigenvalue weighted by molar-refractivity contribution is 5.95. The van der Waals surface area contributed by atoms with E-state index in [1.54, 1.807) is 56.4 Å². The zero-order valence-electron chi connectivity index (χ0n) is 20.7. The van der Waals surface area contributed by atoms with Crippen molar-refractivity contribution in [2.75, 3.05) is 38.8 Å². The van der Waals surface area contributed by atoms with Crippen molar-refractivity contribution < 1.29 is 23.4 Å². The highest BCUT2D eigenvalue weighted by atomic mass is 19.1. The van der Waals surface area contributed by atoms with Crippen molar-refractivity contribution in [2.45, 2.75) is 32.7 Å². The van der Waals surface area contributed by atoms with E-state index in [9.17, 15) is 9.18 Å². The van der Waals surface area contributed by atoms with Gasteiger partial charge in [-0.05, 0) is 55.7 Å². The smallest absolute Gasteiger partial charge is 0.254 e. The van der Waals surface area contributed by atoms with E-state index in [-0.39, 0.29) is 11.7 Å². The number of amides is 1. The first kappa shape index (κ1) is 23.8. The number of methoxy groups -OCH3 is 2. The van der Waals surface area contributed by atoms with Gasteiger partial charge in [-0.2, -0.15) is 4.98 Å². The Bertz CT molecular complexity index is 1270. The molecule has 188 valence electrons. The third-order valence-corrected chi connectivity index (χ3v) is 6.63. The first-order valence-electron chi connectivity index (χ1n) is 12.1. The zero-order valence-corrected chi connectivity index (χ0v) is 20.7. The maximum absolute atomic E-state index is 13.8. The second kappa shape index (κ2) is 10.0. The second-order valence-electron chi connectivity index (χ2n) is 9.04. The summed E-state index contributed by atoms with van der Waals surface area (Å²) in [6.45, 7) is 4.29. The van der Waals surface area contributed by atoms with Crippen molar-refractivity contribution in [3.05, 3.63) is 64.6 Å². The second-order valence-corrected chi connectivity index (χ2v) is 9.04. The summed E-state index contributed by atoms with van der Waals surface area (Å²) in [5.41, 5.74) is 2.59. The van der Waals surface area contributed by atoms with Gasteiger partial charge in [0, 0.05) is 37.7 Å². The van der Waals surface area contributed by atoms with Gasteiger partial charge in [-0.25, -0.2) is 9.37 Å². The van der Waals surface area contributed by atoms with E-state index in [4.69, 9.17) is 24.2 Å². The van der Waals surface area contributed by atoms with Crippen LogP contribution in [0.5, 0.6) is 23.1 Å². The Morgan fingerprint density at radius 3 is 2.33 bits per heavy atom. The molecule has 0 aliphatic carbocycles. The van der Waals surface area contributed by atoms with Crippen LogP contribution in [0, 0.1) is 12.7 Å². The van der Waals surface area contributed by atoms with Crippen molar-refractivity contribution in [3.8, 4) is 23.1 Å². The van der Waals surface area contributed by atoms with E-state index in [1.165, 1.54) is 6.07 Å². The lowest BCUT2D eigenvalue weighted by Gasteiger charge is -2.30. The number of hydrogen-bond acceptors (Lipinski definition) is 7. The normalized spacial score (nSPS) is 15.0. The third kappa shape index (κ3) is 4.78. The Balaban J connectivity index is 1.48. The average Bonchev–Trinajstić information content (AvgIpc) is 3.45. The van der Waals surface area contributed by atoms with Crippen LogP contribution < -0.4 is 19.1 Å². The number of nitrogens with zero attached hydrogens (tertiary/aromatic N) is 4. The molecule has 2 aliphatic rings. The first-order chi connectivity index (χ1) is 17.4. The van der Waals surface area contributed by atoms with Gasteiger partial charge >= 0.3 is 0 Å². The molecule has 0 spiro atoms. The van der Waals surface area contributed by atoms with Crippen LogP contribution in [0.3, 0.4) is 0 Å². The molecule has 36 heavy (non-hydrogen) atoms. The number of rotatable bonds is 6. The number of anilines is 1. The van der Waals surface area contributed by atoms with Crippen LogP contribution in [0.1, 0.15) is 40.0 Å². The Labute approximate surface area is 209 Å². The minimum atomic E-state index is -0.296. The fraction of sp³-hybridized carbons (Fsp3) is 0.370. The summed E-state index contributed by atoms with van der Waals surface area (Å²) in [6, 6.07) is 9.74. The Kier molecular flexibility index (Phi) is 6.63. The number of benzene rings is 2. The molecule has 0 atom stereocenters. The van der Waals surface area contributed by atoms with Gasteiger partial charge in [-0.3, -0.25) is 4.79 Å². The number of fused-ring (bicyclic) bond motifs is 1. The Morgan fingerprint density at radius 1 is 0.944 bits per heavy atom. The lowest BCUT2D eigenvalue weighted by atomic mass is 10.0. The molecular formula is C27H29FN4O4. The fourth-order valence-electron chi connectivity index (χ4n) is 4.59. The highest BCUT2D eigenvalue weighted by Gasteiger charge is 2.29. The molecule has 1 aromatic heterocycles. The maximum Gasteiger partial charge on any atom is 0.254 e. The molecule has 0 radical (unpaired) electrons. The van der Waals surface area contributed by atoms with E-state index >= 15 is 0 Å². The number of carbonyl (C=O) groups is 1. The molecule has 8 nitrogen and oxygen atoms in total. The van der Waals surface area contributed by atoms with Crippen LogP contribution in [0.2, 0.25) is 0 Å². The largest absolute Gasteiger partial charge is 0.497 e. The summed E-state index contributed by atoms with van der Waals surface area (Å²) < 4.78 is 30.7. The van der Waals surface area contributed by atoms with Gasteiger partial charge in [-0.1, -0.05) is 0 Å². The van der Waals surface area contributed by atoms with Crippen molar-refractivity contribution >= 4 is 11.9 Å². The van der Waals surface area contributed by atoms with Crippen LogP contribution in [-0.2, 0) is 13.0 Å². The number of ether oxygens (including phenoxy) is 3. The minimum absolute atomic E-state index is 0.148. The maximum atomic E-state index is 13.8. The van der Waals surface area contributed by atoms with Gasteiger partial charge in [0.1, 0.15) is 23.1 Å². The van der Waals surface area contributed by atoms with Gasteiger partial charge in [0.2, 0.25) is 11.8 Å². The molecule has 0 bridgehead atoms. The molecule has 1 saturated heterocycles. The van der Waals surface area contributed by atoms with Crippen LogP contribution in [-0.4, -0.2) is 54.6 Å². The van der Waals surface area contributed by atoms with E-state index in [0.717, 1.165) is 37.2 Å². The topological polar surface area (TPSA) is 77.0 Å². The highest BCUT2D eigenvalue weighted by Crippen LogP contribution is 2.33. The number of carbonyl (C=O) groups excluding carboxylic acids is 1. The average molecular weight is 493 g/mol. The van der Waals surface area contributed by atoms with E-state index in [1.807, 2.05) is 0 Å². The van der Waals surface area contributed by atoms with Gasteiger partial charge in [-0.15, -0.1) is 0 Å². The van der Waals surface area contributed by atoms with E-state index in [0.29, 0.717) is 59.7 Å². The summed E-state index contributed by atoms with van der Waals surface area (Å²) in [6.07, 6.45) is 2.77. The number of hydrogen-bond donors (Lipinski definition) is 0. The SMILES string of the molecule is COc1cc(OC)cc(C(=O)N2CCc3nc(N4CCCC4)nc(Oc4ccc(F)c(C)c4)c3C2)c1. The molecule has 0 saturated carbocycles. The lowest BCUT2D eigenvalue weighted by Crippen LogP contribution is -2.37. The summed E-state index contributed by atoms with van der Waals surface area (Å²) in [5.74, 6) is 2.17. The van der Waals surface area contributed by atoms with Crippen molar-refractivity contribution in [1.29, 1.82) is 0 Å². The monoisotopic (exact) mass is 492 g/mol. The molecule has 0 unspecified atom stereocenters. The third-order valence-electron chi connectivity index (χ3n) is 6.63. The van der Waals surface area contributed by atoms with Crippen molar-refractivity contribution in [3.63, 3.8) is 0 Å². The zero-order chi connectivity index (χ0) is 25.2. The van der Waals surface area contributed by atoms with Gasteiger partial charge < -0.3 is 24.0 Å². The molecule has 5 rings (SSSR count). The first-order valence-corrected chi connectivity index (χ1v) is 12.1. The van der Waals surface area contributed by atoms with Gasteiger partial charge in [0.05, 0.1) is 32.0 Å². The number of aromatic nitrogens is 2. The molecule has 9 heteroatoms.